The second kappa shape index (κ2) is 4.81. The second-order valence-electron chi connectivity index (χ2n) is 5.43. The van der Waals surface area contributed by atoms with Crippen molar-refractivity contribution in [1.82, 2.24) is 14.4 Å². The standard InChI is InChI=1S/C14H19N3O2/c1-15-10-11(2-5-13(15)18)14(19)17-8-6-16(7-9-17)12-3-4-12/h2,5,10,12H,3-4,6-9H2,1H3. The topological polar surface area (TPSA) is 45.6 Å². The second-order valence-corrected chi connectivity index (χ2v) is 5.43. The summed E-state index contributed by atoms with van der Waals surface area (Å²) in [5.41, 5.74) is 0.511. The van der Waals surface area contributed by atoms with Gasteiger partial charge in [-0.15, -0.1) is 0 Å². The highest BCUT2D eigenvalue weighted by atomic mass is 16.2. The van der Waals surface area contributed by atoms with E-state index in [2.05, 4.69) is 4.90 Å². The van der Waals surface area contributed by atoms with Crippen LogP contribution in [0.3, 0.4) is 0 Å². The van der Waals surface area contributed by atoms with E-state index in [1.165, 1.54) is 23.5 Å². The minimum Gasteiger partial charge on any atom is -0.336 e. The first kappa shape index (κ1) is 12.4. The molecule has 1 aromatic heterocycles. The van der Waals surface area contributed by atoms with Gasteiger partial charge in [-0.2, -0.15) is 0 Å². The summed E-state index contributed by atoms with van der Waals surface area (Å²) in [5.74, 6) is 0.0334. The highest BCUT2D eigenvalue weighted by Gasteiger charge is 2.32. The molecule has 2 heterocycles. The first-order valence-electron chi connectivity index (χ1n) is 6.85. The number of piperazine rings is 1. The largest absolute Gasteiger partial charge is 0.336 e. The molecule has 3 rings (SSSR count). The van der Waals surface area contributed by atoms with Crippen molar-refractivity contribution in [3.05, 3.63) is 34.2 Å². The van der Waals surface area contributed by atoms with E-state index in [4.69, 9.17) is 0 Å². The number of hydrogen-bond acceptors (Lipinski definition) is 3. The third-order valence-electron chi connectivity index (χ3n) is 4.00. The Morgan fingerprint density at radius 3 is 2.42 bits per heavy atom. The van der Waals surface area contributed by atoms with Gasteiger partial charge >= 0.3 is 0 Å². The van der Waals surface area contributed by atoms with E-state index < -0.39 is 0 Å². The molecule has 2 aliphatic rings. The van der Waals surface area contributed by atoms with Crippen LogP contribution in [-0.4, -0.2) is 52.5 Å². The molecule has 1 aromatic rings. The predicted molar refractivity (Wildman–Crippen MR) is 72.2 cm³/mol. The SMILES string of the molecule is Cn1cc(C(=O)N2CCN(C3CC3)CC2)ccc1=O. The molecular weight excluding hydrogens is 242 g/mol. The molecule has 19 heavy (non-hydrogen) atoms. The van der Waals surface area contributed by atoms with Crippen LogP contribution in [0.15, 0.2) is 23.1 Å². The lowest BCUT2D eigenvalue weighted by atomic mass is 10.2. The molecule has 0 radical (unpaired) electrons. The monoisotopic (exact) mass is 261 g/mol. The van der Waals surface area contributed by atoms with Crippen LogP contribution in [0.2, 0.25) is 0 Å². The fourth-order valence-electron chi connectivity index (χ4n) is 2.63. The minimum absolute atomic E-state index is 0.0334. The summed E-state index contributed by atoms with van der Waals surface area (Å²) in [7, 11) is 1.67. The molecule has 0 aromatic carbocycles. The first-order chi connectivity index (χ1) is 9.15. The van der Waals surface area contributed by atoms with Crippen LogP contribution < -0.4 is 5.56 Å². The highest BCUT2D eigenvalue weighted by Crippen LogP contribution is 2.27. The number of aromatic nitrogens is 1. The van der Waals surface area contributed by atoms with Gasteiger partial charge in [0.05, 0.1) is 5.56 Å². The van der Waals surface area contributed by atoms with Crippen molar-refractivity contribution in [3.8, 4) is 0 Å². The lowest BCUT2D eigenvalue weighted by Crippen LogP contribution is -2.49. The van der Waals surface area contributed by atoms with Gasteiger partial charge in [-0.05, 0) is 18.9 Å². The van der Waals surface area contributed by atoms with Crippen LogP contribution in [0.4, 0.5) is 0 Å². The molecule has 1 saturated carbocycles. The van der Waals surface area contributed by atoms with Crippen LogP contribution in [-0.2, 0) is 7.05 Å². The number of nitrogens with zero attached hydrogens (tertiary/aromatic N) is 3. The van der Waals surface area contributed by atoms with Gasteiger partial charge in [-0.3, -0.25) is 14.5 Å². The lowest BCUT2D eigenvalue weighted by Gasteiger charge is -2.34. The number of hydrogen-bond donors (Lipinski definition) is 0. The average Bonchev–Trinajstić information content (AvgIpc) is 3.26. The Balaban J connectivity index is 1.66. The fourth-order valence-corrected chi connectivity index (χ4v) is 2.63. The zero-order valence-electron chi connectivity index (χ0n) is 11.2. The zero-order chi connectivity index (χ0) is 13.4. The van der Waals surface area contributed by atoms with Crippen LogP contribution in [0.1, 0.15) is 23.2 Å². The molecule has 2 fully saturated rings. The van der Waals surface area contributed by atoms with E-state index in [1.807, 2.05) is 4.90 Å². The summed E-state index contributed by atoms with van der Waals surface area (Å²) in [6.07, 6.45) is 4.25. The quantitative estimate of drug-likeness (QED) is 0.769. The van der Waals surface area contributed by atoms with Gasteiger partial charge in [0, 0.05) is 51.5 Å². The molecule has 102 valence electrons. The predicted octanol–water partition coefficient (Wildman–Crippen LogP) is 0.305. The Morgan fingerprint density at radius 1 is 1.16 bits per heavy atom. The molecule has 0 N–H and O–H groups in total. The third kappa shape index (κ3) is 2.56. The van der Waals surface area contributed by atoms with E-state index in [1.54, 1.807) is 19.3 Å². The van der Waals surface area contributed by atoms with E-state index in [9.17, 15) is 9.59 Å². The fraction of sp³-hybridized carbons (Fsp3) is 0.571. The van der Waals surface area contributed by atoms with Crippen molar-refractivity contribution < 1.29 is 4.79 Å². The number of carbonyl (C=O) groups excluding carboxylic acids is 1. The molecular formula is C14H19N3O2. The Kier molecular flexibility index (Phi) is 3.14. The van der Waals surface area contributed by atoms with Crippen LogP contribution in [0.25, 0.3) is 0 Å². The van der Waals surface area contributed by atoms with E-state index in [0.29, 0.717) is 5.56 Å². The van der Waals surface area contributed by atoms with Gasteiger partial charge in [0.2, 0.25) is 5.56 Å². The summed E-state index contributed by atoms with van der Waals surface area (Å²) < 4.78 is 1.45. The van der Waals surface area contributed by atoms with Crippen LogP contribution in [0, 0.1) is 0 Å². The van der Waals surface area contributed by atoms with Gasteiger partial charge in [0.1, 0.15) is 0 Å². The molecule has 0 unspecified atom stereocenters. The van der Waals surface area contributed by atoms with Gasteiger partial charge < -0.3 is 9.47 Å². The Hall–Kier alpha value is -1.62. The van der Waals surface area contributed by atoms with E-state index in [0.717, 1.165) is 32.2 Å². The normalized spacial score (nSPS) is 20.6. The number of rotatable bonds is 2. The average molecular weight is 261 g/mol. The summed E-state index contributed by atoms with van der Waals surface area (Å²) in [4.78, 5) is 28.0. The van der Waals surface area contributed by atoms with Crippen molar-refractivity contribution in [2.24, 2.45) is 7.05 Å². The molecule has 5 nitrogen and oxygen atoms in total. The Bertz CT molecular complexity index is 540. The lowest BCUT2D eigenvalue weighted by molar-refractivity contribution is 0.0626. The number of pyridine rings is 1. The highest BCUT2D eigenvalue weighted by molar-refractivity contribution is 5.94. The summed E-state index contributed by atoms with van der Waals surface area (Å²) in [6, 6.07) is 3.85. The maximum atomic E-state index is 12.3. The molecule has 1 amide bonds. The number of amides is 1. The van der Waals surface area contributed by atoms with Gasteiger partial charge in [-0.1, -0.05) is 0 Å². The minimum atomic E-state index is -0.0879. The van der Waals surface area contributed by atoms with Gasteiger partial charge in [-0.25, -0.2) is 0 Å². The van der Waals surface area contributed by atoms with Crippen molar-refractivity contribution in [2.75, 3.05) is 26.2 Å². The van der Waals surface area contributed by atoms with Gasteiger partial charge in [0.25, 0.3) is 5.91 Å². The van der Waals surface area contributed by atoms with Gasteiger partial charge in [0.15, 0.2) is 0 Å². The van der Waals surface area contributed by atoms with Crippen molar-refractivity contribution in [3.63, 3.8) is 0 Å². The zero-order valence-corrected chi connectivity index (χ0v) is 11.2. The van der Waals surface area contributed by atoms with Crippen molar-refractivity contribution >= 4 is 5.91 Å². The number of carbonyl (C=O) groups is 1. The van der Waals surface area contributed by atoms with E-state index in [-0.39, 0.29) is 11.5 Å². The van der Waals surface area contributed by atoms with Crippen LogP contribution in [0.5, 0.6) is 0 Å². The number of aryl methyl sites for hydroxylation is 1. The maximum absolute atomic E-state index is 12.3. The Morgan fingerprint density at radius 2 is 1.84 bits per heavy atom. The summed E-state index contributed by atoms with van der Waals surface area (Å²) in [5, 5.41) is 0. The molecule has 0 atom stereocenters. The van der Waals surface area contributed by atoms with Crippen molar-refractivity contribution in [1.29, 1.82) is 0 Å². The van der Waals surface area contributed by atoms with E-state index >= 15 is 0 Å². The molecule has 1 aliphatic carbocycles. The van der Waals surface area contributed by atoms with Crippen LogP contribution >= 0.6 is 0 Å². The summed E-state index contributed by atoms with van der Waals surface area (Å²) in [6.45, 7) is 3.53. The Labute approximate surface area is 112 Å². The molecule has 0 spiro atoms. The molecule has 1 aliphatic heterocycles. The molecule has 0 bridgehead atoms. The molecule has 1 saturated heterocycles. The third-order valence-corrected chi connectivity index (χ3v) is 4.00. The first-order valence-corrected chi connectivity index (χ1v) is 6.85. The van der Waals surface area contributed by atoms with Crippen molar-refractivity contribution in [2.45, 2.75) is 18.9 Å². The maximum Gasteiger partial charge on any atom is 0.255 e. The molecule has 5 heteroatoms. The smallest absolute Gasteiger partial charge is 0.255 e. The summed E-state index contributed by atoms with van der Waals surface area (Å²) >= 11 is 0.